The minimum atomic E-state index is -0.203. The highest BCUT2D eigenvalue weighted by Gasteiger charge is 2.12. The third kappa shape index (κ3) is 1.39. The molecule has 1 unspecified atom stereocenters. The van der Waals surface area contributed by atoms with Gasteiger partial charge in [-0.1, -0.05) is 18.2 Å². The average Bonchev–Trinajstić information content (AvgIpc) is 2.65. The number of nitrogens with one attached hydrogen (secondary N) is 1. The van der Waals surface area contributed by atoms with Crippen molar-refractivity contribution in [3.05, 3.63) is 35.2 Å². The number of thiophene rings is 1. The first-order valence-corrected chi connectivity index (χ1v) is 5.28. The molecule has 0 amide bonds. The van der Waals surface area contributed by atoms with Crippen LogP contribution in [-0.4, -0.2) is 7.05 Å². The van der Waals surface area contributed by atoms with Gasteiger partial charge in [0.2, 0.25) is 0 Å². The monoisotopic (exact) mass is 202 g/mol. The molecule has 1 aromatic carbocycles. The maximum atomic E-state index is 8.95. The molecular formula is C11H10N2S. The van der Waals surface area contributed by atoms with E-state index in [4.69, 9.17) is 5.26 Å². The Kier molecular flexibility index (Phi) is 2.49. The lowest BCUT2D eigenvalue weighted by Crippen LogP contribution is -2.13. The first-order valence-electron chi connectivity index (χ1n) is 4.40. The second-order valence-corrected chi connectivity index (χ2v) is 3.95. The van der Waals surface area contributed by atoms with E-state index in [1.54, 1.807) is 18.4 Å². The van der Waals surface area contributed by atoms with Crippen LogP contribution in [0, 0.1) is 11.3 Å². The van der Waals surface area contributed by atoms with Crippen molar-refractivity contribution in [3.63, 3.8) is 0 Å². The molecule has 70 valence electrons. The maximum absolute atomic E-state index is 8.95. The number of nitriles is 1. The van der Waals surface area contributed by atoms with E-state index in [1.165, 1.54) is 10.1 Å². The third-order valence-corrected chi connectivity index (χ3v) is 3.22. The van der Waals surface area contributed by atoms with E-state index in [-0.39, 0.29) is 6.04 Å². The summed E-state index contributed by atoms with van der Waals surface area (Å²) in [4.78, 5) is 0. The summed E-state index contributed by atoms with van der Waals surface area (Å²) in [7, 11) is 1.81. The third-order valence-electron chi connectivity index (χ3n) is 2.24. The Morgan fingerprint density at radius 3 is 2.93 bits per heavy atom. The van der Waals surface area contributed by atoms with Crippen molar-refractivity contribution in [2.75, 3.05) is 7.05 Å². The summed E-state index contributed by atoms with van der Waals surface area (Å²) < 4.78 is 1.23. The number of fused-ring (bicyclic) bond motifs is 1. The molecule has 3 heteroatoms. The highest BCUT2D eigenvalue weighted by atomic mass is 32.1. The van der Waals surface area contributed by atoms with E-state index < -0.39 is 0 Å². The first-order chi connectivity index (χ1) is 6.86. The zero-order chi connectivity index (χ0) is 9.97. The van der Waals surface area contributed by atoms with Crippen LogP contribution in [0.15, 0.2) is 29.6 Å². The quantitative estimate of drug-likeness (QED) is 0.812. The van der Waals surface area contributed by atoms with Gasteiger partial charge in [-0.2, -0.15) is 5.26 Å². The molecule has 0 aliphatic carbocycles. The Balaban J connectivity index is 2.59. The van der Waals surface area contributed by atoms with Crippen LogP contribution in [0.2, 0.25) is 0 Å². The van der Waals surface area contributed by atoms with Crippen molar-refractivity contribution < 1.29 is 0 Å². The summed E-state index contributed by atoms with van der Waals surface area (Å²) in [6, 6.07) is 10.2. The molecule has 1 aromatic heterocycles. The topological polar surface area (TPSA) is 35.8 Å². The molecule has 2 rings (SSSR count). The normalized spacial score (nSPS) is 12.6. The molecule has 1 heterocycles. The summed E-state index contributed by atoms with van der Waals surface area (Å²) in [5.74, 6) is 0. The Morgan fingerprint density at radius 2 is 2.21 bits per heavy atom. The minimum absolute atomic E-state index is 0.203. The lowest BCUT2D eigenvalue weighted by Gasteiger charge is -2.05. The molecule has 0 spiro atoms. The molecule has 2 aromatic rings. The van der Waals surface area contributed by atoms with Crippen LogP contribution >= 0.6 is 11.3 Å². The number of nitrogens with zero attached hydrogens (tertiary/aromatic N) is 1. The fourth-order valence-electron chi connectivity index (χ4n) is 1.51. The molecule has 0 saturated heterocycles. The van der Waals surface area contributed by atoms with E-state index in [1.807, 2.05) is 12.1 Å². The second kappa shape index (κ2) is 3.79. The fraction of sp³-hybridized carbons (Fsp3) is 0.182. The van der Waals surface area contributed by atoms with E-state index in [9.17, 15) is 0 Å². The molecular weight excluding hydrogens is 192 g/mol. The van der Waals surface area contributed by atoms with Crippen LogP contribution in [0.25, 0.3) is 10.1 Å². The zero-order valence-electron chi connectivity index (χ0n) is 7.82. The van der Waals surface area contributed by atoms with E-state index in [0.29, 0.717) is 0 Å². The van der Waals surface area contributed by atoms with Crippen molar-refractivity contribution in [1.29, 1.82) is 5.26 Å². The number of hydrogen-bond acceptors (Lipinski definition) is 3. The molecule has 14 heavy (non-hydrogen) atoms. The molecule has 1 N–H and O–H groups in total. The summed E-state index contributed by atoms with van der Waals surface area (Å²) >= 11 is 1.68. The SMILES string of the molecule is CNC(C#N)c1csc2ccccc12. The Labute approximate surface area is 86.8 Å². The van der Waals surface area contributed by atoms with Crippen LogP contribution < -0.4 is 5.32 Å². The Hall–Kier alpha value is -1.37. The molecule has 0 aliphatic rings. The zero-order valence-corrected chi connectivity index (χ0v) is 8.64. The fourth-order valence-corrected chi connectivity index (χ4v) is 2.50. The van der Waals surface area contributed by atoms with E-state index in [0.717, 1.165) is 5.56 Å². The lowest BCUT2D eigenvalue weighted by molar-refractivity contribution is 0.734. The molecule has 0 aliphatic heterocycles. The van der Waals surface area contributed by atoms with Gasteiger partial charge in [0, 0.05) is 10.3 Å². The maximum Gasteiger partial charge on any atom is 0.122 e. The second-order valence-electron chi connectivity index (χ2n) is 3.04. The predicted molar refractivity (Wildman–Crippen MR) is 59.2 cm³/mol. The van der Waals surface area contributed by atoms with Gasteiger partial charge in [-0.05, 0) is 23.9 Å². The van der Waals surface area contributed by atoms with Crippen molar-refractivity contribution in [1.82, 2.24) is 5.32 Å². The molecule has 2 nitrogen and oxygen atoms in total. The van der Waals surface area contributed by atoms with Crippen LogP contribution in [0.3, 0.4) is 0 Å². The Morgan fingerprint density at radius 1 is 1.43 bits per heavy atom. The van der Waals surface area contributed by atoms with Gasteiger partial charge >= 0.3 is 0 Å². The molecule has 0 radical (unpaired) electrons. The average molecular weight is 202 g/mol. The summed E-state index contributed by atoms with van der Waals surface area (Å²) in [6.07, 6.45) is 0. The molecule has 1 atom stereocenters. The van der Waals surface area contributed by atoms with Gasteiger partial charge in [0.15, 0.2) is 0 Å². The lowest BCUT2D eigenvalue weighted by atomic mass is 10.1. The largest absolute Gasteiger partial charge is 0.301 e. The number of hydrogen-bond donors (Lipinski definition) is 1. The molecule has 0 bridgehead atoms. The van der Waals surface area contributed by atoms with Crippen molar-refractivity contribution in [3.8, 4) is 6.07 Å². The van der Waals surface area contributed by atoms with Gasteiger partial charge in [-0.15, -0.1) is 11.3 Å². The van der Waals surface area contributed by atoms with E-state index >= 15 is 0 Å². The van der Waals surface area contributed by atoms with Crippen LogP contribution in [0.4, 0.5) is 0 Å². The van der Waals surface area contributed by atoms with Crippen molar-refractivity contribution in [2.45, 2.75) is 6.04 Å². The number of benzene rings is 1. The summed E-state index contributed by atoms with van der Waals surface area (Å²) in [5, 5.41) is 15.2. The standard InChI is InChI=1S/C11H10N2S/c1-13-10(6-12)9-7-14-11-5-3-2-4-8(9)11/h2-5,7,10,13H,1H3. The predicted octanol–water partition coefficient (Wildman–Crippen LogP) is 2.69. The van der Waals surface area contributed by atoms with Crippen molar-refractivity contribution in [2.24, 2.45) is 0 Å². The first kappa shape index (κ1) is 9.20. The van der Waals surface area contributed by atoms with Gasteiger partial charge in [0.1, 0.15) is 6.04 Å². The highest BCUT2D eigenvalue weighted by Crippen LogP contribution is 2.29. The van der Waals surface area contributed by atoms with Gasteiger partial charge in [-0.25, -0.2) is 0 Å². The van der Waals surface area contributed by atoms with Crippen LogP contribution in [-0.2, 0) is 0 Å². The molecule has 0 fully saturated rings. The smallest absolute Gasteiger partial charge is 0.122 e. The molecule has 0 saturated carbocycles. The van der Waals surface area contributed by atoms with Crippen molar-refractivity contribution >= 4 is 21.4 Å². The van der Waals surface area contributed by atoms with Crippen LogP contribution in [0.1, 0.15) is 11.6 Å². The number of rotatable bonds is 2. The van der Waals surface area contributed by atoms with Gasteiger partial charge < -0.3 is 5.32 Å². The van der Waals surface area contributed by atoms with Gasteiger partial charge in [0.25, 0.3) is 0 Å². The van der Waals surface area contributed by atoms with Gasteiger partial charge in [0.05, 0.1) is 6.07 Å². The van der Waals surface area contributed by atoms with Crippen LogP contribution in [0.5, 0.6) is 0 Å². The summed E-state index contributed by atoms with van der Waals surface area (Å²) in [5.41, 5.74) is 1.08. The summed E-state index contributed by atoms with van der Waals surface area (Å²) in [6.45, 7) is 0. The Bertz CT molecular complexity index is 481. The minimum Gasteiger partial charge on any atom is -0.301 e. The van der Waals surface area contributed by atoms with Gasteiger partial charge in [-0.3, -0.25) is 0 Å². The highest BCUT2D eigenvalue weighted by molar-refractivity contribution is 7.17. The van der Waals surface area contributed by atoms with E-state index in [2.05, 4.69) is 28.9 Å².